The van der Waals surface area contributed by atoms with Gasteiger partial charge in [-0.3, -0.25) is 9.36 Å². The first-order valence-corrected chi connectivity index (χ1v) is 11.1. The van der Waals surface area contributed by atoms with E-state index in [-0.39, 0.29) is 28.0 Å². The Balaban J connectivity index is 2.21. The minimum atomic E-state index is -0.304. The van der Waals surface area contributed by atoms with Gasteiger partial charge in [-0.05, 0) is 60.3 Å². The number of aromatic hydroxyl groups is 1. The van der Waals surface area contributed by atoms with Gasteiger partial charge in [0.05, 0.1) is 13.2 Å². The zero-order valence-electron chi connectivity index (χ0n) is 20.0. The molecule has 1 N–H and O–H groups in total. The summed E-state index contributed by atoms with van der Waals surface area (Å²) in [5, 5.41) is 10.3. The quantitative estimate of drug-likeness (QED) is 0.382. The van der Waals surface area contributed by atoms with Gasteiger partial charge in [-0.15, -0.1) is 0 Å². The van der Waals surface area contributed by atoms with Crippen LogP contribution in [0.1, 0.15) is 77.5 Å². The molecule has 1 aromatic carbocycles. The van der Waals surface area contributed by atoms with E-state index in [4.69, 9.17) is 11.3 Å². The highest BCUT2D eigenvalue weighted by molar-refractivity contribution is 5.59. The van der Waals surface area contributed by atoms with E-state index < -0.39 is 0 Å². The van der Waals surface area contributed by atoms with E-state index in [9.17, 15) is 9.90 Å². The van der Waals surface area contributed by atoms with Crippen LogP contribution in [0.2, 0.25) is 0 Å². The van der Waals surface area contributed by atoms with Crippen LogP contribution in [0.5, 0.6) is 11.6 Å². The molecule has 0 saturated heterocycles. The number of nitrogens with zero attached hydrogens (tertiary/aromatic N) is 2. The summed E-state index contributed by atoms with van der Waals surface area (Å²) in [4.78, 5) is 15.6. The largest absolute Gasteiger partial charge is 0.503 e. The predicted molar refractivity (Wildman–Crippen MR) is 127 cm³/mol. The van der Waals surface area contributed by atoms with Gasteiger partial charge in [-0.25, -0.2) is 4.85 Å². The standard InChI is InChI=1S/C26H36N2O3/c1-9-25(4,5)19-12-13-21(20(17-19)26(6,7)10-2)31-15-11-14-28-22(29)16-18(3)23(27-8)24(28)30/h12-13,16-17,30H,9-11,14-15H2,1-7H3. The fourth-order valence-corrected chi connectivity index (χ4v) is 3.50. The molecule has 0 amide bonds. The molecular weight excluding hydrogens is 388 g/mol. The maximum Gasteiger partial charge on any atom is 0.251 e. The average Bonchev–Trinajstić information content (AvgIpc) is 2.73. The van der Waals surface area contributed by atoms with E-state index in [1.54, 1.807) is 6.92 Å². The summed E-state index contributed by atoms with van der Waals surface area (Å²) in [5.41, 5.74) is 2.89. The second kappa shape index (κ2) is 9.60. The van der Waals surface area contributed by atoms with Crippen molar-refractivity contribution >= 4 is 5.69 Å². The van der Waals surface area contributed by atoms with Crippen LogP contribution in [0, 0.1) is 13.5 Å². The highest BCUT2D eigenvalue weighted by Crippen LogP contribution is 2.38. The normalized spacial score (nSPS) is 11.9. The van der Waals surface area contributed by atoms with Crippen LogP contribution in [0.25, 0.3) is 4.85 Å². The summed E-state index contributed by atoms with van der Waals surface area (Å²) < 4.78 is 7.39. The molecule has 1 heterocycles. The van der Waals surface area contributed by atoms with Crippen molar-refractivity contribution in [2.24, 2.45) is 0 Å². The van der Waals surface area contributed by atoms with Crippen LogP contribution in [0.4, 0.5) is 5.69 Å². The van der Waals surface area contributed by atoms with E-state index in [0.29, 0.717) is 25.1 Å². The fraction of sp³-hybridized carbons (Fsp3) is 0.538. The Morgan fingerprint density at radius 1 is 1.10 bits per heavy atom. The molecule has 0 aliphatic heterocycles. The van der Waals surface area contributed by atoms with Gasteiger partial charge < -0.3 is 9.84 Å². The van der Waals surface area contributed by atoms with Gasteiger partial charge in [0.2, 0.25) is 5.69 Å². The van der Waals surface area contributed by atoms with Gasteiger partial charge in [0.1, 0.15) is 5.75 Å². The van der Waals surface area contributed by atoms with Crippen LogP contribution in [-0.4, -0.2) is 16.3 Å². The lowest BCUT2D eigenvalue weighted by Gasteiger charge is -2.30. The van der Waals surface area contributed by atoms with Gasteiger partial charge in [0.15, 0.2) is 5.88 Å². The summed E-state index contributed by atoms with van der Waals surface area (Å²) >= 11 is 0. The number of pyridine rings is 1. The number of ether oxygens (including phenoxy) is 1. The Morgan fingerprint density at radius 3 is 2.32 bits per heavy atom. The van der Waals surface area contributed by atoms with Crippen molar-refractivity contribution in [1.29, 1.82) is 0 Å². The van der Waals surface area contributed by atoms with Gasteiger partial charge in [0.25, 0.3) is 5.56 Å². The van der Waals surface area contributed by atoms with E-state index >= 15 is 0 Å². The molecule has 0 atom stereocenters. The first-order chi connectivity index (χ1) is 14.5. The Morgan fingerprint density at radius 2 is 1.74 bits per heavy atom. The zero-order chi connectivity index (χ0) is 23.4. The average molecular weight is 425 g/mol. The molecular formula is C26H36N2O3. The summed E-state index contributed by atoms with van der Waals surface area (Å²) in [6.45, 7) is 22.9. The number of aryl methyl sites for hydroxylation is 1. The Hall–Kier alpha value is -2.74. The van der Waals surface area contributed by atoms with E-state index in [1.807, 2.05) is 0 Å². The Labute approximate surface area is 186 Å². The molecule has 0 aliphatic carbocycles. The maximum atomic E-state index is 12.2. The van der Waals surface area contributed by atoms with Gasteiger partial charge in [-0.1, -0.05) is 53.7 Å². The minimum absolute atomic E-state index is 0.0220. The van der Waals surface area contributed by atoms with Gasteiger partial charge in [0, 0.05) is 12.1 Å². The van der Waals surface area contributed by atoms with Gasteiger partial charge in [-0.2, -0.15) is 0 Å². The predicted octanol–water partition coefficient (Wildman–Crippen LogP) is 6.26. The third-order valence-corrected chi connectivity index (χ3v) is 6.60. The van der Waals surface area contributed by atoms with E-state index in [1.165, 1.54) is 21.8 Å². The highest BCUT2D eigenvalue weighted by Gasteiger charge is 2.26. The molecule has 0 bridgehead atoms. The molecule has 5 heteroatoms. The minimum Gasteiger partial charge on any atom is -0.503 e. The maximum absolute atomic E-state index is 12.2. The molecule has 0 saturated carbocycles. The zero-order valence-corrected chi connectivity index (χ0v) is 20.0. The molecule has 168 valence electrons. The van der Waals surface area contributed by atoms with E-state index in [2.05, 4.69) is 64.6 Å². The molecule has 0 fully saturated rings. The number of benzene rings is 1. The first-order valence-electron chi connectivity index (χ1n) is 11.1. The third kappa shape index (κ3) is 5.31. The molecule has 0 unspecified atom stereocenters. The monoisotopic (exact) mass is 424 g/mol. The smallest absolute Gasteiger partial charge is 0.251 e. The van der Waals surface area contributed by atoms with Crippen LogP contribution in [0.15, 0.2) is 29.1 Å². The van der Waals surface area contributed by atoms with Crippen molar-refractivity contribution in [2.45, 2.75) is 85.1 Å². The van der Waals surface area contributed by atoms with Crippen molar-refractivity contribution in [1.82, 2.24) is 4.57 Å². The van der Waals surface area contributed by atoms with Crippen LogP contribution in [-0.2, 0) is 17.4 Å². The molecule has 1 aromatic heterocycles. The summed E-state index contributed by atoms with van der Waals surface area (Å²) in [5.74, 6) is 0.601. The summed E-state index contributed by atoms with van der Waals surface area (Å²) in [6, 6.07) is 7.88. The fourth-order valence-electron chi connectivity index (χ4n) is 3.50. The van der Waals surface area contributed by atoms with Crippen LogP contribution >= 0.6 is 0 Å². The van der Waals surface area contributed by atoms with Crippen LogP contribution < -0.4 is 10.3 Å². The van der Waals surface area contributed by atoms with Gasteiger partial charge >= 0.3 is 0 Å². The lowest BCUT2D eigenvalue weighted by atomic mass is 9.76. The number of hydrogen-bond donors (Lipinski definition) is 1. The van der Waals surface area contributed by atoms with Crippen molar-refractivity contribution in [3.8, 4) is 11.6 Å². The number of rotatable bonds is 9. The lowest BCUT2D eigenvalue weighted by molar-refractivity contribution is 0.286. The molecule has 2 aromatic rings. The Bertz CT molecular complexity index is 1030. The molecule has 31 heavy (non-hydrogen) atoms. The van der Waals surface area contributed by atoms with Crippen molar-refractivity contribution in [3.05, 3.63) is 62.7 Å². The van der Waals surface area contributed by atoms with Crippen LogP contribution in [0.3, 0.4) is 0 Å². The Kier molecular flexibility index (Phi) is 7.59. The second-order valence-corrected chi connectivity index (χ2v) is 9.49. The SMILES string of the molecule is [C-]#[N+]c1c(C)cc(=O)n(CCCOc2ccc(C(C)(C)CC)cc2C(C)(C)CC)c1O. The third-order valence-electron chi connectivity index (χ3n) is 6.60. The summed E-state index contributed by atoms with van der Waals surface area (Å²) in [6.07, 6.45) is 2.59. The van der Waals surface area contributed by atoms with E-state index in [0.717, 1.165) is 18.6 Å². The highest BCUT2D eigenvalue weighted by atomic mass is 16.5. The molecule has 5 nitrogen and oxygen atoms in total. The topological polar surface area (TPSA) is 55.8 Å². The van der Waals surface area contributed by atoms with Crippen molar-refractivity contribution in [2.75, 3.05) is 6.61 Å². The van der Waals surface area contributed by atoms with Crippen molar-refractivity contribution < 1.29 is 9.84 Å². The molecule has 0 radical (unpaired) electrons. The first kappa shape index (κ1) is 24.5. The molecule has 0 spiro atoms. The molecule has 2 rings (SSSR count). The number of hydrogen-bond acceptors (Lipinski definition) is 3. The lowest BCUT2D eigenvalue weighted by Crippen LogP contribution is -2.22. The van der Waals surface area contributed by atoms with Crippen molar-refractivity contribution in [3.63, 3.8) is 0 Å². The second-order valence-electron chi connectivity index (χ2n) is 9.49. The summed E-state index contributed by atoms with van der Waals surface area (Å²) in [7, 11) is 0. The molecule has 0 aliphatic rings. The number of aromatic nitrogens is 1.